The average Bonchev–Trinajstić information content (AvgIpc) is 2.46. The monoisotopic (exact) mass is 272 g/mol. The second kappa shape index (κ2) is 7.44. The first-order chi connectivity index (χ1) is 9.69. The predicted octanol–water partition coefficient (Wildman–Crippen LogP) is 1.59. The topological polar surface area (TPSA) is 49.5 Å². The van der Waals surface area contributed by atoms with Crippen LogP contribution in [-0.4, -0.2) is 35.7 Å². The number of hydrogen-bond acceptors (Lipinski definition) is 3. The third-order valence-corrected chi connectivity index (χ3v) is 3.98. The van der Waals surface area contributed by atoms with E-state index in [4.69, 9.17) is 5.73 Å². The third-order valence-electron chi connectivity index (χ3n) is 3.98. The van der Waals surface area contributed by atoms with Gasteiger partial charge in [0, 0.05) is 12.1 Å². The summed E-state index contributed by atoms with van der Waals surface area (Å²) < 4.78 is 0. The van der Waals surface area contributed by atoms with Gasteiger partial charge in [-0.2, -0.15) is 0 Å². The first-order valence-electron chi connectivity index (χ1n) is 7.37. The van der Waals surface area contributed by atoms with E-state index in [-0.39, 0.29) is 6.10 Å². The van der Waals surface area contributed by atoms with Gasteiger partial charge in [-0.15, -0.1) is 0 Å². The van der Waals surface area contributed by atoms with Crippen LogP contribution in [-0.2, 0) is 6.54 Å². The quantitative estimate of drug-likeness (QED) is 0.822. The molecule has 2 rings (SSSR count). The van der Waals surface area contributed by atoms with Crippen LogP contribution < -0.4 is 5.73 Å². The van der Waals surface area contributed by atoms with E-state index >= 15 is 0 Å². The van der Waals surface area contributed by atoms with E-state index in [0.29, 0.717) is 12.5 Å². The predicted molar refractivity (Wildman–Crippen MR) is 82.1 cm³/mol. The van der Waals surface area contributed by atoms with Crippen LogP contribution in [0.25, 0.3) is 0 Å². The van der Waals surface area contributed by atoms with Crippen LogP contribution in [0.2, 0.25) is 0 Å². The minimum Gasteiger partial charge on any atom is -0.393 e. The van der Waals surface area contributed by atoms with Crippen LogP contribution in [0.4, 0.5) is 0 Å². The Labute approximate surface area is 121 Å². The first-order valence-corrected chi connectivity index (χ1v) is 7.37. The fraction of sp³-hybridized carbons (Fsp3) is 0.529. The molecule has 0 aliphatic carbocycles. The van der Waals surface area contributed by atoms with Gasteiger partial charge in [-0.1, -0.05) is 24.0 Å². The van der Waals surface area contributed by atoms with Crippen molar-refractivity contribution >= 4 is 0 Å². The van der Waals surface area contributed by atoms with E-state index in [2.05, 4.69) is 34.9 Å². The highest BCUT2D eigenvalue weighted by molar-refractivity contribution is 5.37. The molecule has 20 heavy (non-hydrogen) atoms. The van der Waals surface area contributed by atoms with Crippen molar-refractivity contribution in [2.24, 2.45) is 11.7 Å². The van der Waals surface area contributed by atoms with Gasteiger partial charge < -0.3 is 10.8 Å². The summed E-state index contributed by atoms with van der Waals surface area (Å²) in [7, 11) is 0. The fourth-order valence-electron chi connectivity index (χ4n) is 2.75. The number of rotatable bonds is 3. The molecule has 0 radical (unpaired) electrons. The summed E-state index contributed by atoms with van der Waals surface area (Å²) in [6.45, 7) is 5.39. The van der Waals surface area contributed by atoms with Crippen LogP contribution in [0.5, 0.6) is 0 Å². The van der Waals surface area contributed by atoms with Crippen molar-refractivity contribution in [2.45, 2.75) is 32.4 Å². The number of piperidine rings is 1. The zero-order valence-electron chi connectivity index (χ0n) is 12.2. The molecule has 1 heterocycles. The average molecular weight is 272 g/mol. The summed E-state index contributed by atoms with van der Waals surface area (Å²) in [6, 6.07) is 8.36. The Morgan fingerprint density at radius 2 is 2.15 bits per heavy atom. The molecular weight excluding hydrogens is 248 g/mol. The molecule has 0 aromatic heterocycles. The lowest BCUT2D eigenvalue weighted by Crippen LogP contribution is -2.36. The molecule has 0 amide bonds. The summed E-state index contributed by atoms with van der Waals surface area (Å²) >= 11 is 0. The number of hydrogen-bond donors (Lipinski definition) is 2. The zero-order chi connectivity index (χ0) is 14.4. The van der Waals surface area contributed by atoms with Gasteiger partial charge in [0.05, 0.1) is 12.6 Å². The molecule has 1 unspecified atom stereocenters. The molecule has 1 aliphatic rings. The summed E-state index contributed by atoms with van der Waals surface area (Å²) in [4.78, 5) is 2.45. The number of nitrogens with zero attached hydrogens (tertiary/aromatic N) is 1. The smallest absolute Gasteiger partial charge is 0.0555 e. The number of aliphatic hydroxyl groups is 1. The Kier molecular flexibility index (Phi) is 5.60. The van der Waals surface area contributed by atoms with Gasteiger partial charge in [0.25, 0.3) is 0 Å². The first kappa shape index (κ1) is 15.1. The number of likely N-dealkylation sites (tertiary alicyclic amines) is 1. The summed E-state index contributed by atoms with van der Waals surface area (Å²) in [6.07, 6.45) is 2.00. The SMILES string of the molecule is CC(O)C1CCN(Cc2cccc(C#CCN)c2)CC1. The minimum absolute atomic E-state index is 0.174. The molecule has 1 aromatic carbocycles. The Balaban J connectivity index is 1.91. The Hall–Kier alpha value is -1.34. The van der Waals surface area contributed by atoms with Crippen LogP contribution in [0, 0.1) is 17.8 Å². The molecule has 1 atom stereocenters. The van der Waals surface area contributed by atoms with Gasteiger partial charge in [-0.05, 0) is 56.5 Å². The lowest BCUT2D eigenvalue weighted by molar-refractivity contribution is 0.0695. The maximum Gasteiger partial charge on any atom is 0.0555 e. The molecule has 108 valence electrons. The Morgan fingerprint density at radius 1 is 1.40 bits per heavy atom. The molecule has 3 N–H and O–H groups in total. The van der Waals surface area contributed by atoms with Crippen molar-refractivity contribution in [2.75, 3.05) is 19.6 Å². The summed E-state index contributed by atoms with van der Waals surface area (Å²) in [5, 5.41) is 9.63. The molecule has 0 bridgehead atoms. The maximum absolute atomic E-state index is 9.63. The van der Waals surface area contributed by atoms with E-state index in [9.17, 15) is 5.11 Å². The fourth-order valence-corrected chi connectivity index (χ4v) is 2.75. The third kappa shape index (κ3) is 4.35. The lowest BCUT2D eigenvalue weighted by Gasteiger charge is -2.33. The number of aliphatic hydroxyl groups excluding tert-OH is 1. The highest BCUT2D eigenvalue weighted by atomic mass is 16.3. The summed E-state index contributed by atoms with van der Waals surface area (Å²) in [5.41, 5.74) is 7.73. The normalized spacial score (nSPS) is 18.4. The van der Waals surface area contributed by atoms with Gasteiger partial charge in [0.15, 0.2) is 0 Å². The molecule has 3 nitrogen and oxygen atoms in total. The van der Waals surface area contributed by atoms with Crippen LogP contribution >= 0.6 is 0 Å². The Morgan fingerprint density at radius 3 is 2.80 bits per heavy atom. The largest absolute Gasteiger partial charge is 0.393 e. The van der Waals surface area contributed by atoms with Crippen molar-refractivity contribution in [3.8, 4) is 11.8 Å². The molecule has 1 fully saturated rings. The highest BCUT2D eigenvalue weighted by Gasteiger charge is 2.22. The zero-order valence-corrected chi connectivity index (χ0v) is 12.2. The second-order valence-corrected chi connectivity index (χ2v) is 5.56. The van der Waals surface area contributed by atoms with Crippen LogP contribution in [0.3, 0.4) is 0 Å². The molecule has 0 spiro atoms. The van der Waals surface area contributed by atoms with E-state index in [1.807, 2.05) is 13.0 Å². The van der Waals surface area contributed by atoms with Crippen LogP contribution in [0.1, 0.15) is 30.9 Å². The van der Waals surface area contributed by atoms with E-state index in [0.717, 1.165) is 38.0 Å². The maximum atomic E-state index is 9.63. The molecular formula is C17H24N2O. The van der Waals surface area contributed by atoms with Crippen molar-refractivity contribution < 1.29 is 5.11 Å². The number of benzene rings is 1. The van der Waals surface area contributed by atoms with Gasteiger partial charge in [0.1, 0.15) is 0 Å². The second-order valence-electron chi connectivity index (χ2n) is 5.56. The van der Waals surface area contributed by atoms with Crippen molar-refractivity contribution in [3.63, 3.8) is 0 Å². The van der Waals surface area contributed by atoms with Gasteiger partial charge in [-0.25, -0.2) is 0 Å². The molecule has 1 aromatic rings. The van der Waals surface area contributed by atoms with Crippen molar-refractivity contribution in [1.82, 2.24) is 4.90 Å². The minimum atomic E-state index is -0.174. The molecule has 3 heteroatoms. The molecule has 0 saturated carbocycles. The van der Waals surface area contributed by atoms with E-state index in [1.54, 1.807) is 0 Å². The van der Waals surface area contributed by atoms with E-state index in [1.165, 1.54) is 5.56 Å². The van der Waals surface area contributed by atoms with Gasteiger partial charge in [0.2, 0.25) is 0 Å². The highest BCUT2D eigenvalue weighted by Crippen LogP contribution is 2.21. The van der Waals surface area contributed by atoms with Gasteiger partial charge in [-0.3, -0.25) is 4.90 Å². The van der Waals surface area contributed by atoms with Crippen molar-refractivity contribution in [3.05, 3.63) is 35.4 Å². The lowest BCUT2D eigenvalue weighted by atomic mass is 9.92. The standard InChI is InChI=1S/C17H24N2O/c1-14(20)17-7-10-19(11-8-17)13-16-5-2-4-15(12-16)6-3-9-18/h2,4-5,12,14,17,20H,7-11,13,18H2,1H3. The molecule has 1 aliphatic heterocycles. The van der Waals surface area contributed by atoms with Crippen LogP contribution in [0.15, 0.2) is 24.3 Å². The van der Waals surface area contributed by atoms with E-state index < -0.39 is 0 Å². The number of nitrogens with two attached hydrogens (primary N) is 1. The summed E-state index contributed by atoms with van der Waals surface area (Å²) in [5.74, 6) is 6.43. The van der Waals surface area contributed by atoms with Crippen molar-refractivity contribution in [1.29, 1.82) is 0 Å². The van der Waals surface area contributed by atoms with Gasteiger partial charge >= 0.3 is 0 Å². The Bertz CT molecular complexity index is 479. The molecule has 1 saturated heterocycles.